The zero-order chi connectivity index (χ0) is 22.9. The fourth-order valence-electron chi connectivity index (χ4n) is 3.68. The molecule has 0 aliphatic heterocycles. The quantitative estimate of drug-likeness (QED) is 0.530. The van der Waals surface area contributed by atoms with Crippen LogP contribution in [0.25, 0.3) is 10.9 Å². The molecule has 0 atom stereocenters. The number of hydrogen-bond acceptors (Lipinski definition) is 3. The lowest BCUT2D eigenvalue weighted by molar-refractivity contribution is -0.132. The molecular formula is C25H32N4O3. The van der Waals surface area contributed by atoms with E-state index in [1.807, 2.05) is 59.6 Å². The van der Waals surface area contributed by atoms with Gasteiger partial charge in [0.2, 0.25) is 5.91 Å². The molecule has 3 aromatic rings. The van der Waals surface area contributed by atoms with Gasteiger partial charge in [-0.25, -0.2) is 4.79 Å². The van der Waals surface area contributed by atoms with Crippen LogP contribution in [0, 0.1) is 0 Å². The van der Waals surface area contributed by atoms with E-state index in [9.17, 15) is 9.59 Å². The number of rotatable bonds is 10. The Hall–Kier alpha value is -3.32. The topological polar surface area (TPSA) is 68.9 Å². The molecule has 1 heterocycles. The second kappa shape index (κ2) is 11.3. The Morgan fingerprint density at radius 3 is 2.38 bits per heavy atom. The second-order valence-electron chi connectivity index (χ2n) is 8.00. The van der Waals surface area contributed by atoms with Gasteiger partial charge < -0.3 is 24.4 Å². The average molecular weight is 437 g/mol. The fourth-order valence-corrected chi connectivity index (χ4v) is 3.68. The number of H-pyrrole nitrogens is 1. The van der Waals surface area contributed by atoms with E-state index < -0.39 is 0 Å². The van der Waals surface area contributed by atoms with Gasteiger partial charge in [0.15, 0.2) is 0 Å². The minimum absolute atomic E-state index is 0.0150. The van der Waals surface area contributed by atoms with Gasteiger partial charge in [-0.2, -0.15) is 0 Å². The van der Waals surface area contributed by atoms with E-state index in [0.717, 1.165) is 17.5 Å². The van der Waals surface area contributed by atoms with Crippen molar-refractivity contribution in [2.75, 3.05) is 47.4 Å². The van der Waals surface area contributed by atoms with E-state index in [0.29, 0.717) is 26.2 Å². The molecule has 0 bridgehead atoms. The molecule has 2 aromatic carbocycles. The predicted molar refractivity (Wildman–Crippen MR) is 126 cm³/mol. The lowest BCUT2D eigenvalue weighted by Gasteiger charge is -2.29. The van der Waals surface area contributed by atoms with E-state index in [-0.39, 0.29) is 18.5 Å². The number of nitrogens with one attached hydrogen (secondary N) is 1. The maximum atomic E-state index is 13.3. The summed E-state index contributed by atoms with van der Waals surface area (Å²) in [6.45, 7) is 1.81. The number of urea groups is 1. The van der Waals surface area contributed by atoms with Gasteiger partial charge in [0.05, 0.1) is 6.61 Å². The molecule has 170 valence electrons. The number of para-hydroxylation sites is 1. The molecule has 0 aliphatic carbocycles. The number of carbonyl (C=O) groups excluding carboxylic acids is 2. The number of carbonyl (C=O) groups is 2. The summed E-state index contributed by atoms with van der Waals surface area (Å²) in [7, 11) is 4.96. The first-order valence-electron chi connectivity index (χ1n) is 10.8. The van der Waals surface area contributed by atoms with Crippen LogP contribution in [0.2, 0.25) is 0 Å². The fraction of sp³-hybridized carbons (Fsp3) is 0.360. The molecule has 0 radical (unpaired) electrons. The highest BCUT2D eigenvalue weighted by atomic mass is 16.5. The Kier molecular flexibility index (Phi) is 8.27. The Morgan fingerprint density at radius 2 is 1.66 bits per heavy atom. The first-order chi connectivity index (χ1) is 15.5. The van der Waals surface area contributed by atoms with Crippen molar-refractivity contribution in [3.05, 3.63) is 71.9 Å². The van der Waals surface area contributed by atoms with Gasteiger partial charge in [-0.1, -0.05) is 48.5 Å². The van der Waals surface area contributed by atoms with E-state index in [1.54, 1.807) is 21.2 Å². The standard InChI is InChI=1S/C25H32N4O3/c1-27(2)25(31)29(15-16-32-3)19-24(30)28(18-20-9-5-4-6-10-20)14-13-21-17-26-23-12-8-7-11-22(21)23/h4-12,17,26H,13-16,18-19H2,1-3H3. The first kappa shape index (κ1) is 23.3. The maximum Gasteiger partial charge on any atom is 0.320 e. The van der Waals surface area contributed by atoms with Crippen molar-refractivity contribution in [3.8, 4) is 0 Å². The summed E-state index contributed by atoms with van der Waals surface area (Å²) in [6.07, 6.45) is 2.73. The third-order valence-corrected chi connectivity index (χ3v) is 5.44. The van der Waals surface area contributed by atoms with Crippen molar-refractivity contribution >= 4 is 22.8 Å². The van der Waals surface area contributed by atoms with Gasteiger partial charge >= 0.3 is 6.03 Å². The molecule has 3 amide bonds. The molecule has 0 saturated heterocycles. The van der Waals surface area contributed by atoms with Crippen LogP contribution < -0.4 is 0 Å². The van der Waals surface area contributed by atoms with Gasteiger partial charge in [0.25, 0.3) is 0 Å². The highest BCUT2D eigenvalue weighted by molar-refractivity contribution is 5.85. The molecule has 0 spiro atoms. The van der Waals surface area contributed by atoms with Crippen LogP contribution in [0.1, 0.15) is 11.1 Å². The van der Waals surface area contributed by atoms with Crippen LogP contribution in [0.4, 0.5) is 4.79 Å². The van der Waals surface area contributed by atoms with E-state index >= 15 is 0 Å². The number of hydrogen-bond donors (Lipinski definition) is 1. The van der Waals surface area contributed by atoms with Crippen molar-refractivity contribution in [2.45, 2.75) is 13.0 Å². The number of amides is 3. The third-order valence-electron chi connectivity index (χ3n) is 5.44. The van der Waals surface area contributed by atoms with Crippen molar-refractivity contribution in [1.29, 1.82) is 0 Å². The summed E-state index contributed by atoms with van der Waals surface area (Å²) in [5, 5.41) is 1.17. The molecule has 1 N–H and O–H groups in total. The predicted octanol–water partition coefficient (Wildman–Crippen LogP) is 3.37. The lowest BCUT2D eigenvalue weighted by Crippen LogP contribution is -2.47. The highest BCUT2D eigenvalue weighted by Gasteiger charge is 2.22. The summed E-state index contributed by atoms with van der Waals surface area (Å²) in [5.74, 6) is -0.0833. The number of ether oxygens (including phenoxy) is 1. The molecule has 0 fully saturated rings. The summed E-state index contributed by atoms with van der Waals surface area (Å²) >= 11 is 0. The van der Waals surface area contributed by atoms with Crippen molar-refractivity contribution < 1.29 is 14.3 Å². The number of nitrogens with zero attached hydrogens (tertiary/aromatic N) is 3. The largest absolute Gasteiger partial charge is 0.383 e. The molecule has 7 nitrogen and oxygen atoms in total. The number of fused-ring (bicyclic) bond motifs is 1. The Bertz CT molecular complexity index is 1020. The van der Waals surface area contributed by atoms with Gasteiger partial charge in [-0.3, -0.25) is 4.79 Å². The van der Waals surface area contributed by atoms with Crippen molar-refractivity contribution in [3.63, 3.8) is 0 Å². The summed E-state index contributed by atoms with van der Waals surface area (Å²) in [6, 6.07) is 17.9. The number of benzene rings is 2. The van der Waals surface area contributed by atoms with Crippen LogP contribution in [0.15, 0.2) is 60.8 Å². The molecule has 7 heteroatoms. The monoisotopic (exact) mass is 436 g/mol. The van der Waals surface area contributed by atoms with E-state index in [1.165, 1.54) is 20.7 Å². The number of aromatic nitrogens is 1. The summed E-state index contributed by atoms with van der Waals surface area (Å²) in [4.78, 5) is 34.1. The minimum atomic E-state index is -0.202. The van der Waals surface area contributed by atoms with Crippen LogP contribution >= 0.6 is 0 Å². The molecule has 0 aliphatic rings. The second-order valence-corrected chi connectivity index (χ2v) is 8.00. The van der Waals surface area contributed by atoms with E-state index in [2.05, 4.69) is 11.1 Å². The molecule has 3 rings (SSSR count). The maximum absolute atomic E-state index is 13.3. The zero-order valence-electron chi connectivity index (χ0n) is 19.1. The molecule has 32 heavy (non-hydrogen) atoms. The molecule has 0 saturated carbocycles. The van der Waals surface area contributed by atoms with Crippen LogP contribution in [-0.2, 0) is 22.5 Å². The van der Waals surface area contributed by atoms with Crippen LogP contribution in [0.3, 0.4) is 0 Å². The SMILES string of the molecule is COCCN(CC(=O)N(CCc1c[nH]c2ccccc12)Cc1ccccc1)C(=O)N(C)C. The van der Waals surface area contributed by atoms with E-state index in [4.69, 9.17) is 4.74 Å². The summed E-state index contributed by atoms with van der Waals surface area (Å²) < 4.78 is 5.14. The van der Waals surface area contributed by atoms with Gasteiger partial charge in [-0.15, -0.1) is 0 Å². The third kappa shape index (κ3) is 6.11. The van der Waals surface area contributed by atoms with Crippen LogP contribution in [0.5, 0.6) is 0 Å². The normalized spacial score (nSPS) is 10.8. The zero-order valence-corrected chi connectivity index (χ0v) is 19.1. The highest BCUT2D eigenvalue weighted by Crippen LogP contribution is 2.19. The van der Waals surface area contributed by atoms with Crippen molar-refractivity contribution in [2.24, 2.45) is 0 Å². The Morgan fingerprint density at radius 1 is 0.938 bits per heavy atom. The number of methoxy groups -OCH3 is 1. The molecule has 0 unspecified atom stereocenters. The molecular weight excluding hydrogens is 404 g/mol. The summed E-state index contributed by atoms with van der Waals surface area (Å²) in [5.41, 5.74) is 3.32. The average Bonchev–Trinajstić information content (AvgIpc) is 3.22. The smallest absolute Gasteiger partial charge is 0.320 e. The van der Waals surface area contributed by atoms with Gasteiger partial charge in [-0.05, 0) is 23.6 Å². The Balaban J connectivity index is 1.76. The Labute approximate surface area is 189 Å². The van der Waals surface area contributed by atoms with Gasteiger partial charge in [0, 0.05) is 57.9 Å². The first-order valence-corrected chi connectivity index (χ1v) is 10.8. The van der Waals surface area contributed by atoms with Crippen molar-refractivity contribution in [1.82, 2.24) is 19.7 Å². The van der Waals surface area contributed by atoms with Gasteiger partial charge in [0.1, 0.15) is 6.54 Å². The van der Waals surface area contributed by atoms with Crippen LogP contribution in [-0.4, -0.2) is 79.1 Å². The number of aromatic amines is 1. The minimum Gasteiger partial charge on any atom is -0.383 e. The lowest BCUT2D eigenvalue weighted by atomic mass is 10.1. The molecule has 1 aromatic heterocycles.